The van der Waals surface area contributed by atoms with Crippen molar-refractivity contribution in [3.63, 3.8) is 0 Å². The Morgan fingerprint density at radius 3 is 2.56 bits per heavy atom. The second-order valence-electron chi connectivity index (χ2n) is 5.76. The zero-order valence-electron chi connectivity index (χ0n) is 14.9. The molecule has 0 radical (unpaired) electrons. The molecule has 1 N–H and O–H groups in total. The Hall–Kier alpha value is -2.45. The lowest BCUT2D eigenvalue weighted by Gasteiger charge is -2.04. The fourth-order valence-electron chi connectivity index (χ4n) is 2.34. The monoisotopic (exact) mass is 443 g/mol. The van der Waals surface area contributed by atoms with Crippen molar-refractivity contribution < 1.29 is 4.79 Å². The number of hydrogen-bond donors (Lipinski definition) is 1. The molecular formula is C19H18BrN5OS. The van der Waals surface area contributed by atoms with E-state index in [2.05, 4.69) is 36.7 Å². The molecule has 3 aromatic rings. The number of carbonyl (C=O) groups excluding carboxylic acids is 1. The predicted molar refractivity (Wildman–Crippen MR) is 112 cm³/mol. The van der Waals surface area contributed by atoms with Crippen LogP contribution >= 0.6 is 27.7 Å². The van der Waals surface area contributed by atoms with Crippen molar-refractivity contribution in [2.24, 2.45) is 12.1 Å². The van der Waals surface area contributed by atoms with Gasteiger partial charge in [-0.15, -0.1) is 10.2 Å². The Balaban J connectivity index is 1.57. The Kier molecular flexibility index (Phi) is 6.41. The van der Waals surface area contributed by atoms with Crippen molar-refractivity contribution in [3.05, 3.63) is 64.6 Å². The summed E-state index contributed by atoms with van der Waals surface area (Å²) in [6.45, 7) is 1.85. The molecule has 0 spiro atoms. The Labute approximate surface area is 170 Å². The summed E-state index contributed by atoms with van der Waals surface area (Å²) in [5.41, 5.74) is 5.26. The highest BCUT2D eigenvalue weighted by Crippen LogP contribution is 2.22. The summed E-state index contributed by atoms with van der Waals surface area (Å²) < 4.78 is 2.88. The van der Waals surface area contributed by atoms with E-state index in [1.54, 1.807) is 0 Å². The molecular weight excluding hydrogens is 426 g/mol. The van der Waals surface area contributed by atoms with Gasteiger partial charge >= 0.3 is 0 Å². The zero-order chi connectivity index (χ0) is 19.2. The largest absolute Gasteiger partial charge is 0.305 e. The van der Waals surface area contributed by atoms with E-state index in [1.165, 1.54) is 11.8 Å². The maximum absolute atomic E-state index is 12.1. The fourth-order valence-corrected chi connectivity index (χ4v) is 3.31. The van der Waals surface area contributed by atoms with Crippen molar-refractivity contribution in [1.29, 1.82) is 0 Å². The zero-order valence-corrected chi connectivity index (χ0v) is 17.3. The summed E-state index contributed by atoms with van der Waals surface area (Å²) in [5, 5.41) is 13.2. The molecule has 0 atom stereocenters. The third-order valence-corrected chi connectivity index (χ3v) is 5.36. The molecule has 6 nitrogen and oxygen atoms in total. The van der Waals surface area contributed by atoms with Crippen LogP contribution in [-0.4, -0.2) is 32.1 Å². The minimum Gasteiger partial charge on any atom is -0.305 e. The van der Waals surface area contributed by atoms with E-state index in [9.17, 15) is 4.79 Å². The SMILES string of the molecule is C/C(=N\NC(=O)CSc1nnc(-c2ccccc2)n1C)c1ccc(Br)cc1. The van der Waals surface area contributed by atoms with Crippen LogP contribution in [0.4, 0.5) is 0 Å². The van der Waals surface area contributed by atoms with E-state index < -0.39 is 0 Å². The number of benzene rings is 2. The van der Waals surface area contributed by atoms with Crippen LogP contribution in [0.1, 0.15) is 12.5 Å². The van der Waals surface area contributed by atoms with Gasteiger partial charge in [0.2, 0.25) is 0 Å². The van der Waals surface area contributed by atoms with Gasteiger partial charge < -0.3 is 4.57 Å². The molecule has 0 bridgehead atoms. The third kappa shape index (κ3) is 5.05. The molecule has 0 saturated heterocycles. The summed E-state index contributed by atoms with van der Waals surface area (Å²) in [6, 6.07) is 17.6. The molecule has 8 heteroatoms. The minimum absolute atomic E-state index is 0.194. The molecule has 0 aliphatic rings. The number of aromatic nitrogens is 3. The van der Waals surface area contributed by atoms with Crippen LogP contribution < -0.4 is 5.43 Å². The summed E-state index contributed by atoms with van der Waals surface area (Å²) in [6.07, 6.45) is 0. The van der Waals surface area contributed by atoms with Crippen molar-refractivity contribution in [3.8, 4) is 11.4 Å². The number of hydrogen-bond acceptors (Lipinski definition) is 5. The van der Waals surface area contributed by atoms with Crippen molar-refractivity contribution >= 4 is 39.3 Å². The molecule has 1 heterocycles. The molecule has 0 fully saturated rings. The summed E-state index contributed by atoms with van der Waals surface area (Å²) >= 11 is 4.72. The molecule has 0 unspecified atom stereocenters. The Bertz CT molecular complexity index is 954. The number of nitrogens with zero attached hydrogens (tertiary/aromatic N) is 4. The van der Waals surface area contributed by atoms with Crippen LogP contribution in [0.3, 0.4) is 0 Å². The van der Waals surface area contributed by atoms with Crippen LogP contribution in [0.5, 0.6) is 0 Å². The lowest BCUT2D eigenvalue weighted by Crippen LogP contribution is -2.21. The van der Waals surface area contributed by atoms with Crippen LogP contribution in [-0.2, 0) is 11.8 Å². The molecule has 3 rings (SSSR count). The molecule has 0 saturated carbocycles. The van der Waals surface area contributed by atoms with Crippen LogP contribution in [0, 0.1) is 0 Å². The highest BCUT2D eigenvalue weighted by Gasteiger charge is 2.12. The van der Waals surface area contributed by atoms with Gasteiger partial charge in [0.05, 0.1) is 11.5 Å². The first-order valence-electron chi connectivity index (χ1n) is 8.21. The second-order valence-corrected chi connectivity index (χ2v) is 7.62. The van der Waals surface area contributed by atoms with Gasteiger partial charge in [-0.1, -0.05) is 70.2 Å². The average molecular weight is 444 g/mol. The van der Waals surface area contributed by atoms with Gasteiger partial charge in [-0.05, 0) is 24.6 Å². The number of halogens is 1. The first-order valence-corrected chi connectivity index (χ1v) is 9.99. The van der Waals surface area contributed by atoms with Crippen molar-refractivity contribution in [2.75, 3.05) is 5.75 Å². The smallest absolute Gasteiger partial charge is 0.250 e. The topological polar surface area (TPSA) is 72.2 Å². The van der Waals surface area contributed by atoms with E-state index in [1.807, 2.05) is 73.1 Å². The molecule has 1 amide bonds. The van der Waals surface area contributed by atoms with Gasteiger partial charge in [0.15, 0.2) is 11.0 Å². The maximum Gasteiger partial charge on any atom is 0.250 e. The molecule has 1 aromatic heterocycles. The van der Waals surface area contributed by atoms with Crippen LogP contribution in [0.15, 0.2) is 69.3 Å². The minimum atomic E-state index is -0.194. The highest BCUT2D eigenvalue weighted by atomic mass is 79.9. The first-order chi connectivity index (χ1) is 13.0. The first kappa shape index (κ1) is 19.3. The standard InChI is InChI=1S/C19H18BrN5OS/c1-13(14-8-10-16(20)11-9-14)21-22-17(26)12-27-19-24-23-18(25(19)2)15-6-4-3-5-7-15/h3-11H,12H2,1-2H3,(H,22,26)/b21-13+. The van der Waals surface area contributed by atoms with E-state index in [-0.39, 0.29) is 11.7 Å². The number of nitrogens with one attached hydrogen (secondary N) is 1. The van der Waals surface area contributed by atoms with Crippen molar-refractivity contribution in [2.45, 2.75) is 12.1 Å². The van der Waals surface area contributed by atoms with E-state index >= 15 is 0 Å². The van der Waals surface area contributed by atoms with Gasteiger partial charge in [0.1, 0.15) is 0 Å². The summed E-state index contributed by atoms with van der Waals surface area (Å²) in [7, 11) is 1.89. The van der Waals surface area contributed by atoms with E-state index in [0.717, 1.165) is 27.1 Å². The normalized spacial score (nSPS) is 11.4. The van der Waals surface area contributed by atoms with E-state index in [4.69, 9.17) is 0 Å². The lowest BCUT2D eigenvalue weighted by atomic mass is 10.1. The van der Waals surface area contributed by atoms with Crippen molar-refractivity contribution in [1.82, 2.24) is 20.2 Å². The molecule has 138 valence electrons. The summed E-state index contributed by atoms with van der Waals surface area (Å²) in [4.78, 5) is 12.1. The fraction of sp³-hybridized carbons (Fsp3) is 0.158. The molecule has 0 aliphatic carbocycles. The molecule has 27 heavy (non-hydrogen) atoms. The third-order valence-electron chi connectivity index (χ3n) is 3.81. The van der Waals surface area contributed by atoms with Crippen LogP contribution in [0.25, 0.3) is 11.4 Å². The lowest BCUT2D eigenvalue weighted by molar-refractivity contribution is -0.118. The Morgan fingerprint density at radius 2 is 1.85 bits per heavy atom. The van der Waals surface area contributed by atoms with Gasteiger partial charge in [0, 0.05) is 17.1 Å². The maximum atomic E-state index is 12.1. The van der Waals surface area contributed by atoms with Gasteiger partial charge in [0.25, 0.3) is 5.91 Å². The molecule has 2 aromatic carbocycles. The number of hydrazone groups is 1. The number of amides is 1. The average Bonchev–Trinajstić information content (AvgIpc) is 3.06. The quantitative estimate of drug-likeness (QED) is 0.356. The number of rotatable bonds is 6. The predicted octanol–water partition coefficient (Wildman–Crippen LogP) is 3.88. The highest BCUT2D eigenvalue weighted by molar-refractivity contribution is 9.10. The van der Waals surface area contributed by atoms with Gasteiger partial charge in [-0.2, -0.15) is 5.10 Å². The van der Waals surface area contributed by atoms with Crippen LogP contribution in [0.2, 0.25) is 0 Å². The molecule has 0 aliphatic heterocycles. The van der Waals surface area contributed by atoms with Gasteiger partial charge in [-0.25, -0.2) is 5.43 Å². The summed E-state index contributed by atoms with van der Waals surface area (Å²) in [5.74, 6) is 0.779. The second kappa shape index (κ2) is 8.96. The number of carbonyl (C=O) groups is 1. The van der Waals surface area contributed by atoms with E-state index in [0.29, 0.717) is 5.16 Å². The number of thioether (sulfide) groups is 1. The van der Waals surface area contributed by atoms with Gasteiger partial charge in [-0.3, -0.25) is 4.79 Å². The Morgan fingerprint density at radius 1 is 1.15 bits per heavy atom.